The van der Waals surface area contributed by atoms with Crippen LogP contribution in [0.15, 0.2) is 60.7 Å². The Kier molecular flexibility index (Phi) is 6.62. The summed E-state index contributed by atoms with van der Waals surface area (Å²) >= 11 is 0. The Balaban J connectivity index is 1.50. The Hall–Kier alpha value is -3.18. The number of carbonyl (C=O) groups excluding carboxylic acids is 2. The SMILES string of the molecule is Cc1cccc(C)c1NC(=O)CNC(=O)C[NH2+][C@@H](C)c1cccc2ccccc12. The predicted molar refractivity (Wildman–Crippen MR) is 117 cm³/mol. The number of amides is 2. The Morgan fingerprint density at radius 2 is 1.55 bits per heavy atom. The fourth-order valence-corrected chi connectivity index (χ4v) is 3.50. The second-order valence-electron chi connectivity index (χ2n) is 7.39. The second kappa shape index (κ2) is 9.34. The maximum absolute atomic E-state index is 12.2. The summed E-state index contributed by atoms with van der Waals surface area (Å²) in [6, 6.07) is 20.5. The minimum absolute atomic E-state index is 0.0386. The summed E-state index contributed by atoms with van der Waals surface area (Å²) in [5, 5.41) is 9.96. The fraction of sp³-hybridized carbons (Fsp3) is 0.250. The van der Waals surface area contributed by atoms with Crippen molar-refractivity contribution < 1.29 is 14.9 Å². The van der Waals surface area contributed by atoms with Gasteiger partial charge in [-0.3, -0.25) is 9.59 Å². The van der Waals surface area contributed by atoms with Crippen molar-refractivity contribution in [2.24, 2.45) is 0 Å². The van der Waals surface area contributed by atoms with Gasteiger partial charge in [0.25, 0.3) is 5.91 Å². The third-order valence-corrected chi connectivity index (χ3v) is 5.16. The van der Waals surface area contributed by atoms with Crippen molar-refractivity contribution in [3.8, 4) is 0 Å². The highest BCUT2D eigenvalue weighted by atomic mass is 16.2. The molecule has 0 aliphatic carbocycles. The molecule has 3 aromatic carbocycles. The van der Waals surface area contributed by atoms with Gasteiger partial charge in [0.15, 0.2) is 6.54 Å². The van der Waals surface area contributed by atoms with Gasteiger partial charge in [-0.1, -0.05) is 60.7 Å². The molecular weight excluding hydrogens is 362 g/mol. The van der Waals surface area contributed by atoms with Gasteiger partial charge in [0.2, 0.25) is 5.91 Å². The number of hydrogen-bond donors (Lipinski definition) is 3. The molecule has 1 atom stereocenters. The lowest BCUT2D eigenvalue weighted by atomic mass is 10.00. The summed E-state index contributed by atoms with van der Waals surface area (Å²) in [5.41, 5.74) is 4.01. The number of nitrogens with one attached hydrogen (secondary N) is 2. The number of hydrogen-bond acceptors (Lipinski definition) is 2. The van der Waals surface area contributed by atoms with Gasteiger partial charge in [0, 0.05) is 11.3 Å². The van der Waals surface area contributed by atoms with E-state index in [-0.39, 0.29) is 30.9 Å². The van der Waals surface area contributed by atoms with Crippen molar-refractivity contribution in [1.82, 2.24) is 5.32 Å². The van der Waals surface area contributed by atoms with E-state index in [1.807, 2.05) is 55.6 Å². The number of quaternary nitrogens is 1. The quantitative estimate of drug-likeness (QED) is 0.580. The number of carbonyl (C=O) groups is 2. The molecule has 4 N–H and O–H groups in total. The third kappa shape index (κ3) is 5.21. The molecule has 0 bridgehead atoms. The molecule has 29 heavy (non-hydrogen) atoms. The minimum atomic E-state index is -0.224. The molecule has 0 fully saturated rings. The molecule has 5 nitrogen and oxygen atoms in total. The molecule has 5 heteroatoms. The zero-order valence-electron chi connectivity index (χ0n) is 17.2. The number of aryl methyl sites for hydroxylation is 2. The maximum Gasteiger partial charge on any atom is 0.275 e. The van der Waals surface area contributed by atoms with E-state index < -0.39 is 0 Å². The molecule has 0 unspecified atom stereocenters. The summed E-state index contributed by atoms with van der Waals surface area (Å²) in [6.45, 7) is 6.21. The second-order valence-corrected chi connectivity index (χ2v) is 7.39. The Morgan fingerprint density at radius 1 is 0.897 bits per heavy atom. The number of nitrogens with two attached hydrogens (primary N) is 1. The van der Waals surface area contributed by atoms with Gasteiger partial charge in [0.05, 0.1) is 6.54 Å². The maximum atomic E-state index is 12.2. The van der Waals surface area contributed by atoms with Gasteiger partial charge >= 0.3 is 0 Å². The zero-order chi connectivity index (χ0) is 20.8. The number of para-hydroxylation sites is 1. The highest BCUT2D eigenvalue weighted by Crippen LogP contribution is 2.22. The minimum Gasteiger partial charge on any atom is -0.342 e. The predicted octanol–water partition coefficient (Wildman–Crippen LogP) is 2.84. The van der Waals surface area contributed by atoms with Gasteiger partial charge in [-0.15, -0.1) is 0 Å². The normalized spacial score (nSPS) is 11.8. The van der Waals surface area contributed by atoms with E-state index in [2.05, 4.69) is 41.8 Å². The molecule has 0 saturated carbocycles. The highest BCUT2D eigenvalue weighted by Gasteiger charge is 2.15. The molecule has 0 aliphatic rings. The molecule has 3 aromatic rings. The molecule has 0 spiro atoms. The van der Waals surface area contributed by atoms with Crippen LogP contribution in [0.5, 0.6) is 0 Å². The molecule has 2 amide bonds. The molecule has 0 heterocycles. The van der Waals surface area contributed by atoms with E-state index in [1.54, 1.807) is 0 Å². The first-order valence-electron chi connectivity index (χ1n) is 9.89. The molecule has 0 radical (unpaired) electrons. The summed E-state index contributed by atoms with van der Waals surface area (Å²) in [4.78, 5) is 24.4. The van der Waals surface area contributed by atoms with Crippen LogP contribution in [0.3, 0.4) is 0 Å². The van der Waals surface area contributed by atoms with Crippen LogP contribution in [0.4, 0.5) is 5.69 Å². The van der Waals surface area contributed by atoms with Crippen LogP contribution in [0.2, 0.25) is 0 Å². The first-order chi connectivity index (χ1) is 14.0. The van der Waals surface area contributed by atoms with E-state index in [0.29, 0.717) is 0 Å². The number of benzene rings is 3. The lowest BCUT2D eigenvalue weighted by Gasteiger charge is -2.14. The van der Waals surface area contributed by atoms with Crippen molar-refractivity contribution in [1.29, 1.82) is 0 Å². The zero-order valence-corrected chi connectivity index (χ0v) is 17.2. The topological polar surface area (TPSA) is 74.8 Å². The van der Waals surface area contributed by atoms with Crippen LogP contribution in [0, 0.1) is 13.8 Å². The van der Waals surface area contributed by atoms with Crippen LogP contribution in [0.25, 0.3) is 10.8 Å². The van der Waals surface area contributed by atoms with Crippen molar-refractivity contribution in [2.75, 3.05) is 18.4 Å². The van der Waals surface area contributed by atoms with E-state index >= 15 is 0 Å². The largest absolute Gasteiger partial charge is 0.342 e. The van der Waals surface area contributed by atoms with E-state index in [9.17, 15) is 9.59 Å². The van der Waals surface area contributed by atoms with Crippen LogP contribution < -0.4 is 16.0 Å². The van der Waals surface area contributed by atoms with E-state index in [0.717, 1.165) is 16.8 Å². The van der Waals surface area contributed by atoms with Gasteiger partial charge in [-0.2, -0.15) is 0 Å². The fourth-order valence-electron chi connectivity index (χ4n) is 3.50. The van der Waals surface area contributed by atoms with Crippen molar-refractivity contribution in [3.63, 3.8) is 0 Å². The number of rotatable bonds is 7. The molecule has 3 rings (SSSR count). The highest BCUT2D eigenvalue weighted by molar-refractivity contribution is 5.95. The van der Waals surface area contributed by atoms with Crippen molar-refractivity contribution >= 4 is 28.3 Å². The summed E-state index contributed by atoms with van der Waals surface area (Å²) in [7, 11) is 0. The Bertz CT molecular complexity index is 1000. The lowest BCUT2D eigenvalue weighted by molar-refractivity contribution is -0.682. The number of fused-ring (bicyclic) bond motifs is 1. The average molecular weight is 391 g/mol. The number of anilines is 1. The van der Waals surface area contributed by atoms with Crippen LogP contribution in [-0.4, -0.2) is 24.9 Å². The lowest BCUT2D eigenvalue weighted by Crippen LogP contribution is -2.87. The van der Waals surface area contributed by atoms with Crippen LogP contribution in [0.1, 0.15) is 29.7 Å². The molecular formula is C24H28N3O2+. The van der Waals surface area contributed by atoms with Crippen LogP contribution >= 0.6 is 0 Å². The Labute approximate surface area is 171 Å². The first-order valence-corrected chi connectivity index (χ1v) is 9.89. The van der Waals surface area contributed by atoms with Crippen molar-refractivity contribution in [3.05, 3.63) is 77.4 Å². The van der Waals surface area contributed by atoms with Gasteiger partial charge < -0.3 is 16.0 Å². The molecule has 150 valence electrons. The van der Waals surface area contributed by atoms with Gasteiger partial charge in [-0.25, -0.2) is 0 Å². The average Bonchev–Trinajstić information content (AvgIpc) is 2.72. The van der Waals surface area contributed by atoms with E-state index in [1.165, 1.54) is 16.3 Å². The third-order valence-electron chi connectivity index (χ3n) is 5.16. The van der Waals surface area contributed by atoms with E-state index in [4.69, 9.17) is 0 Å². The van der Waals surface area contributed by atoms with Gasteiger partial charge in [0.1, 0.15) is 6.04 Å². The molecule has 0 saturated heterocycles. The smallest absolute Gasteiger partial charge is 0.275 e. The Morgan fingerprint density at radius 3 is 2.31 bits per heavy atom. The monoisotopic (exact) mass is 390 g/mol. The van der Waals surface area contributed by atoms with Gasteiger partial charge in [-0.05, 0) is 42.7 Å². The molecule has 0 aliphatic heterocycles. The molecule has 0 aromatic heterocycles. The summed E-state index contributed by atoms with van der Waals surface area (Å²) in [6.07, 6.45) is 0. The summed E-state index contributed by atoms with van der Waals surface area (Å²) < 4.78 is 0. The standard InChI is InChI=1S/C24H27N3O2/c1-16-8-6-9-17(2)24(16)27-23(29)15-26-22(28)14-25-18(3)20-13-7-11-19-10-4-5-12-21(19)20/h4-13,18,25H,14-15H2,1-3H3,(H,26,28)(H,27,29)/p+1/t18-/m0/s1. The van der Waals surface area contributed by atoms with Crippen LogP contribution in [-0.2, 0) is 9.59 Å². The summed E-state index contributed by atoms with van der Waals surface area (Å²) in [5.74, 6) is -0.383. The first kappa shape index (κ1) is 20.6. The van der Waals surface area contributed by atoms with Crippen molar-refractivity contribution in [2.45, 2.75) is 26.8 Å².